The molecule has 20 heavy (non-hydrogen) atoms. The Morgan fingerprint density at radius 3 is 2.70 bits per heavy atom. The molecule has 0 aliphatic carbocycles. The van der Waals surface area contributed by atoms with Crippen molar-refractivity contribution in [3.05, 3.63) is 59.7 Å². The van der Waals surface area contributed by atoms with Gasteiger partial charge in [-0.3, -0.25) is 0 Å². The number of hydrogen-bond acceptors (Lipinski definition) is 3. The van der Waals surface area contributed by atoms with Crippen LogP contribution in [0, 0.1) is 0 Å². The summed E-state index contributed by atoms with van der Waals surface area (Å²) >= 11 is 0. The summed E-state index contributed by atoms with van der Waals surface area (Å²) in [5, 5.41) is 0. The lowest BCUT2D eigenvalue weighted by Gasteiger charge is -2.06. The van der Waals surface area contributed by atoms with Gasteiger partial charge in [0.05, 0.1) is 12.2 Å². The lowest BCUT2D eigenvalue weighted by atomic mass is 10.0. The highest BCUT2D eigenvalue weighted by atomic mass is 16.5. The molecule has 0 spiro atoms. The minimum atomic E-state index is -0.322. The first kappa shape index (κ1) is 12.5. The van der Waals surface area contributed by atoms with Crippen LogP contribution in [0.5, 0.6) is 11.5 Å². The zero-order valence-electron chi connectivity index (χ0n) is 11.1. The maximum atomic E-state index is 12.0. The lowest BCUT2D eigenvalue weighted by Crippen LogP contribution is -2.01. The second-order valence-corrected chi connectivity index (χ2v) is 4.41. The molecule has 3 heteroatoms. The van der Waals surface area contributed by atoms with Crippen molar-refractivity contribution in [3.63, 3.8) is 0 Å². The number of esters is 1. The van der Waals surface area contributed by atoms with Crippen molar-refractivity contribution in [3.8, 4) is 11.5 Å². The molecule has 1 aliphatic rings. The van der Waals surface area contributed by atoms with Gasteiger partial charge in [0.15, 0.2) is 0 Å². The SMILES string of the molecule is CCOc1ccccc1/C=C1\C(=O)Oc2ccccc21. The molecule has 0 radical (unpaired) electrons. The van der Waals surface area contributed by atoms with Crippen LogP contribution in [0.25, 0.3) is 11.6 Å². The maximum Gasteiger partial charge on any atom is 0.344 e. The number of carbonyl (C=O) groups excluding carboxylic acids is 1. The van der Waals surface area contributed by atoms with Gasteiger partial charge in [-0.2, -0.15) is 0 Å². The number of ether oxygens (including phenoxy) is 2. The first-order valence-corrected chi connectivity index (χ1v) is 6.54. The van der Waals surface area contributed by atoms with Crippen molar-refractivity contribution in [2.75, 3.05) is 6.61 Å². The standard InChI is InChI=1S/C17H14O3/c1-2-19-15-9-5-3-7-12(15)11-14-13-8-4-6-10-16(13)20-17(14)18/h3-11H,2H2,1H3/b14-11-. The Balaban J connectivity index is 2.07. The van der Waals surface area contributed by atoms with Crippen LogP contribution < -0.4 is 9.47 Å². The summed E-state index contributed by atoms with van der Waals surface area (Å²) in [6, 6.07) is 15.1. The van der Waals surface area contributed by atoms with Crippen LogP contribution in [0.2, 0.25) is 0 Å². The van der Waals surface area contributed by atoms with Crippen LogP contribution >= 0.6 is 0 Å². The van der Waals surface area contributed by atoms with Gasteiger partial charge in [0, 0.05) is 11.1 Å². The molecule has 2 aromatic carbocycles. The Labute approximate surface area is 117 Å². The summed E-state index contributed by atoms with van der Waals surface area (Å²) in [5.41, 5.74) is 2.26. The van der Waals surface area contributed by atoms with Gasteiger partial charge in [0.1, 0.15) is 11.5 Å². The van der Waals surface area contributed by atoms with E-state index in [0.29, 0.717) is 17.9 Å². The molecule has 0 unspecified atom stereocenters. The second kappa shape index (κ2) is 5.21. The van der Waals surface area contributed by atoms with Gasteiger partial charge in [-0.15, -0.1) is 0 Å². The van der Waals surface area contributed by atoms with Crippen molar-refractivity contribution < 1.29 is 14.3 Å². The normalized spacial score (nSPS) is 15.1. The number of fused-ring (bicyclic) bond motifs is 1. The van der Waals surface area contributed by atoms with Gasteiger partial charge >= 0.3 is 5.97 Å². The van der Waals surface area contributed by atoms with E-state index >= 15 is 0 Å². The molecule has 100 valence electrons. The van der Waals surface area contributed by atoms with E-state index < -0.39 is 0 Å². The summed E-state index contributed by atoms with van der Waals surface area (Å²) in [6.07, 6.45) is 1.82. The number of para-hydroxylation sites is 2. The summed E-state index contributed by atoms with van der Waals surface area (Å²) < 4.78 is 10.8. The molecule has 0 N–H and O–H groups in total. The summed E-state index contributed by atoms with van der Waals surface area (Å²) in [4.78, 5) is 12.0. The van der Waals surface area contributed by atoms with E-state index in [1.807, 2.05) is 55.5 Å². The molecule has 0 fully saturated rings. The smallest absolute Gasteiger partial charge is 0.344 e. The molecule has 0 saturated heterocycles. The fourth-order valence-electron chi connectivity index (χ4n) is 2.22. The average Bonchev–Trinajstić information content (AvgIpc) is 2.78. The first-order valence-electron chi connectivity index (χ1n) is 6.54. The van der Waals surface area contributed by atoms with Crippen LogP contribution in [-0.2, 0) is 4.79 Å². The molecule has 0 atom stereocenters. The van der Waals surface area contributed by atoms with E-state index in [2.05, 4.69) is 0 Å². The number of carbonyl (C=O) groups is 1. The molecule has 0 aromatic heterocycles. The maximum absolute atomic E-state index is 12.0. The third kappa shape index (κ3) is 2.18. The van der Waals surface area contributed by atoms with Gasteiger partial charge < -0.3 is 9.47 Å². The van der Waals surface area contributed by atoms with E-state index in [-0.39, 0.29) is 5.97 Å². The topological polar surface area (TPSA) is 35.5 Å². The molecule has 2 aromatic rings. The molecule has 0 amide bonds. The molecule has 1 heterocycles. The Hall–Kier alpha value is -2.55. The van der Waals surface area contributed by atoms with E-state index in [9.17, 15) is 4.79 Å². The van der Waals surface area contributed by atoms with Crippen molar-refractivity contribution in [2.45, 2.75) is 6.92 Å². The van der Waals surface area contributed by atoms with Crippen LogP contribution in [0.4, 0.5) is 0 Å². The number of rotatable bonds is 3. The van der Waals surface area contributed by atoms with Crippen molar-refractivity contribution >= 4 is 17.6 Å². The van der Waals surface area contributed by atoms with Crippen LogP contribution in [-0.4, -0.2) is 12.6 Å². The summed E-state index contributed by atoms with van der Waals surface area (Å²) in [5.74, 6) is 1.05. The van der Waals surface area contributed by atoms with Crippen LogP contribution in [0.1, 0.15) is 18.1 Å². The van der Waals surface area contributed by atoms with Gasteiger partial charge in [0.25, 0.3) is 0 Å². The Morgan fingerprint density at radius 1 is 1.10 bits per heavy atom. The van der Waals surface area contributed by atoms with Crippen molar-refractivity contribution in [2.24, 2.45) is 0 Å². The van der Waals surface area contributed by atoms with E-state index in [1.165, 1.54) is 0 Å². The zero-order valence-corrected chi connectivity index (χ0v) is 11.1. The van der Waals surface area contributed by atoms with Crippen molar-refractivity contribution in [1.82, 2.24) is 0 Å². The number of hydrogen-bond donors (Lipinski definition) is 0. The Bertz CT molecular complexity index is 686. The third-order valence-corrected chi connectivity index (χ3v) is 3.12. The minimum Gasteiger partial charge on any atom is -0.493 e. The highest BCUT2D eigenvalue weighted by Crippen LogP contribution is 2.36. The van der Waals surface area contributed by atoms with Crippen LogP contribution in [0.3, 0.4) is 0 Å². The zero-order chi connectivity index (χ0) is 13.9. The molecule has 3 rings (SSSR count). The number of benzene rings is 2. The fraction of sp³-hybridized carbons (Fsp3) is 0.118. The van der Waals surface area contributed by atoms with Crippen molar-refractivity contribution in [1.29, 1.82) is 0 Å². The van der Waals surface area contributed by atoms with Gasteiger partial charge in [-0.25, -0.2) is 4.79 Å². The van der Waals surface area contributed by atoms with E-state index in [4.69, 9.17) is 9.47 Å². The molecular formula is C17H14O3. The monoisotopic (exact) mass is 266 g/mol. The van der Waals surface area contributed by atoms with Crippen LogP contribution in [0.15, 0.2) is 48.5 Å². The highest BCUT2D eigenvalue weighted by molar-refractivity contribution is 6.26. The molecular weight excluding hydrogens is 252 g/mol. The first-order chi connectivity index (χ1) is 9.79. The minimum absolute atomic E-state index is 0.322. The quantitative estimate of drug-likeness (QED) is 0.484. The average molecular weight is 266 g/mol. The predicted octanol–water partition coefficient (Wildman–Crippen LogP) is 3.54. The molecule has 3 nitrogen and oxygen atoms in total. The highest BCUT2D eigenvalue weighted by Gasteiger charge is 2.26. The lowest BCUT2D eigenvalue weighted by molar-refractivity contribution is -0.126. The second-order valence-electron chi connectivity index (χ2n) is 4.41. The Morgan fingerprint density at radius 2 is 1.85 bits per heavy atom. The molecule has 0 bridgehead atoms. The Kier molecular flexibility index (Phi) is 3.25. The molecule has 0 saturated carbocycles. The predicted molar refractivity (Wildman–Crippen MR) is 77.6 cm³/mol. The summed E-state index contributed by atoms with van der Waals surface area (Å²) in [6.45, 7) is 2.52. The van der Waals surface area contributed by atoms with Gasteiger partial charge in [-0.05, 0) is 25.1 Å². The largest absolute Gasteiger partial charge is 0.493 e. The van der Waals surface area contributed by atoms with E-state index in [0.717, 1.165) is 16.9 Å². The van der Waals surface area contributed by atoms with Gasteiger partial charge in [-0.1, -0.05) is 36.4 Å². The third-order valence-electron chi connectivity index (χ3n) is 3.12. The molecule has 1 aliphatic heterocycles. The fourth-order valence-corrected chi connectivity index (χ4v) is 2.22. The van der Waals surface area contributed by atoms with Gasteiger partial charge in [0.2, 0.25) is 0 Å². The summed E-state index contributed by atoms with van der Waals surface area (Å²) in [7, 11) is 0. The van der Waals surface area contributed by atoms with E-state index in [1.54, 1.807) is 6.07 Å².